The van der Waals surface area contributed by atoms with Crippen molar-refractivity contribution in [3.63, 3.8) is 0 Å². The fourth-order valence-electron chi connectivity index (χ4n) is 1.84. The molecule has 1 heterocycles. The number of esters is 1. The number of nitrogens with zero attached hydrogens (tertiary/aromatic N) is 2. The predicted molar refractivity (Wildman–Crippen MR) is 86.0 cm³/mol. The smallest absolute Gasteiger partial charge is 0.356 e. The third-order valence-electron chi connectivity index (χ3n) is 3.06. The van der Waals surface area contributed by atoms with Crippen molar-refractivity contribution in [1.82, 2.24) is 4.98 Å². The number of carbonyl (C=O) groups is 1. The van der Waals surface area contributed by atoms with E-state index >= 15 is 0 Å². The Kier molecular flexibility index (Phi) is 4.49. The molecule has 0 aliphatic rings. The van der Waals surface area contributed by atoms with Crippen molar-refractivity contribution < 1.29 is 9.53 Å². The molecule has 6 heteroatoms. The molecule has 0 saturated carbocycles. The minimum atomic E-state index is -0.464. The van der Waals surface area contributed by atoms with Crippen molar-refractivity contribution in [3.05, 3.63) is 53.9 Å². The van der Waals surface area contributed by atoms with Gasteiger partial charge in [0.1, 0.15) is 10.7 Å². The molecular weight excluding hydrogens is 286 g/mol. The second-order valence-corrected chi connectivity index (χ2v) is 4.80. The third-order valence-corrected chi connectivity index (χ3v) is 3.30. The lowest BCUT2D eigenvalue weighted by Gasteiger charge is -2.20. The number of rotatable bonds is 4. The van der Waals surface area contributed by atoms with Gasteiger partial charge in [-0.25, -0.2) is 9.78 Å². The fourth-order valence-corrected chi connectivity index (χ4v) is 1.98. The van der Waals surface area contributed by atoms with Crippen LogP contribution in [0, 0.1) is 0 Å². The minimum absolute atomic E-state index is 0.265. The van der Waals surface area contributed by atoms with Gasteiger partial charge in [0.2, 0.25) is 0 Å². The number of hydrogen-bond donors (Lipinski definition) is 1. The van der Waals surface area contributed by atoms with Gasteiger partial charge in [-0.2, -0.15) is 0 Å². The van der Waals surface area contributed by atoms with Crippen LogP contribution in [0.3, 0.4) is 0 Å². The van der Waals surface area contributed by atoms with Gasteiger partial charge in [0.15, 0.2) is 0 Å². The van der Waals surface area contributed by atoms with Crippen LogP contribution in [0.2, 0.25) is 0 Å². The van der Waals surface area contributed by atoms with Crippen molar-refractivity contribution in [2.24, 2.45) is 5.73 Å². The Morgan fingerprint density at radius 2 is 1.90 bits per heavy atom. The number of carbonyl (C=O) groups excluding carboxylic acids is 1. The zero-order chi connectivity index (χ0) is 15.4. The molecule has 1 aromatic carbocycles. The lowest BCUT2D eigenvalue weighted by Crippen LogP contribution is -2.13. The van der Waals surface area contributed by atoms with Gasteiger partial charge < -0.3 is 15.4 Å². The van der Waals surface area contributed by atoms with E-state index in [2.05, 4.69) is 9.72 Å². The molecule has 1 aromatic heterocycles. The average molecular weight is 301 g/mol. The van der Waals surface area contributed by atoms with Crippen molar-refractivity contribution in [3.8, 4) is 0 Å². The van der Waals surface area contributed by atoms with Crippen LogP contribution in [-0.2, 0) is 4.74 Å². The molecular formula is C15H15N3O2S. The van der Waals surface area contributed by atoms with Crippen molar-refractivity contribution in [1.29, 1.82) is 0 Å². The molecule has 0 atom stereocenters. The maximum Gasteiger partial charge on any atom is 0.356 e. The first-order valence-corrected chi connectivity index (χ1v) is 6.61. The summed E-state index contributed by atoms with van der Waals surface area (Å²) in [6.07, 6.45) is 1.57. The van der Waals surface area contributed by atoms with Gasteiger partial charge in [-0.15, -0.1) is 0 Å². The van der Waals surface area contributed by atoms with Gasteiger partial charge in [0.05, 0.1) is 7.11 Å². The number of pyridine rings is 1. The van der Waals surface area contributed by atoms with Crippen molar-refractivity contribution >= 4 is 34.6 Å². The SMILES string of the molecule is COC(=O)c1cc(N(C)c2ccc(C(N)=S)cc2)ccn1. The Morgan fingerprint density at radius 3 is 2.48 bits per heavy atom. The van der Waals surface area contributed by atoms with E-state index < -0.39 is 5.97 Å². The normalized spacial score (nSPS) is 10.0. The number of nitrogens with two attached hydrogens (primary N) is 1. The molecule has 108 valence electrons. The van der Waals surface area contributed by atoms with Crippen LogP contribution >= 0.6 is 12.2 Å². The lowest BCUT2D eigenvalue weighted by molar-refractivity contribution is 0.0594. The minimum Gasteiger partial charge on any atom is -0.464 e. The quantitative estimate of drug-likeness (QED) is 0.690. The summed E-state index contributed by atoms with van der Waals surface area (Å²) in [5.74, 6) is -0.464. The van der Waals surface area contributed by atoms with Crippen molar-refractivity contribution in [2.75, 3.05) is 19.1 Å². The highest BCUT2D eigenvalue weighted by molar-refractivity contribution is 7.80. The number of ether oxygens (including phenoxy) is 1. The highest BCUT2D eigenvalue weighted by Crippen LogP contribution is 2.24. The first kappa shape index (κ1) is 14.9. The Hall–Kier alpha value is -2.47. The summed E-state index contributed by atoms with van der Waals surface area (Å²) in [6.45, 7) is 0. The maximum atomic E-state index is 11.5. The molecule has 0 unspecified atom stereocenters. The van der Waals surface area contributed by atoms with Crippen LogP contribution in [-0.4, -0.2) is 30.1 Å². The second-order valence-electron chi connectivity index (χ2n) is 4.36. The van der Waals surface area contributed by atoms with Crippen LogP contribution in [0.4, 0.5) is 11.4 Å². The average Bonchev–Trinajstić information content (AvgIpc) is 2.53. The summed E-state index contributed by atoms with van der Waals surface area (Å²) in [7, 11) is 3.22. The summed E-state index contributed by atoms with van der Waals surface area (Å²) in [4.78, 5) is 17.8. The highest BCUT2D eigenvalue weighted by Gasteiger charge is 2.10. The van der Waals surface area contributed by atoms with Gasteiger partial charge in [-0.1, -0.05) is 12.2 Å². The first-order chi connectivity index (χ1) is 10.0. The maximum absolute atomic E-state index is 11.5. The van der Waals surface area contributed by atoms with E-state index in [-0.39, 0.29) is 5.69 Å². The molecule has 2 rings (SSSR count). The zero-order valence-corrected chi connectivity index (χ0v) is 12.6. The molecule has 21 heavy (non-hydrogen) atoms. The van der Waals surface area contributed by atoms with Gasteiger partial charge in [0.25, 0.3) is 0 Å². The van der Waals surface area contributed by atoms with Crippen LogP contribution in [0.25, 0.3) is 0 Å². The third kappa shape index (κ3) is 3.35. The number of anilines is 2. The Labute approximate surface area is 128 Å². The molecule has 0 radical (unpaired) electrons. The summed E-state index contributed by atoms with van der Waals surface area (Å²) >= 11 is 4.93. The Balaban J connectivity index is 2.29. The first-order valence-electron chi connectivity index (χ1n) is 6.21. The summed E-state index contributed by atoms with van der Waals surface area (Å²) in [6, 6.07) is 11.0. The van der Waals surface area contributed by atoms with E-state index in [1.165, 1.54) is 7.11 Å². The lowest BCUT2D eigenvalue weighted by atomic mass is 10.2. The van der Waals surface area contributed by atoms with Gasteiger partial charge >= 0.3 is 5.97 Å². The largest absolute Gasteiger partial charge is 0.464 e. The van der Waals surface area contributed by atoms with Crippen LogP contribution < -0.4 is 10.6 Å². The summed E-state index contributed by atoms with van der Waals surface area (Å²) in [5, 5.41) is 0. The van der Waals surface area contributed by atoms with Gasteiger partial charge in [-0.05, 0) is 36.4 Å². The van der Waals surface area contributed by atoms with E-state index in [4.69, 9.17) is 18.0 Å². The van der Waals surface area contributed by atoms with E-state index in [0.717, 1.165) is 16.9 Å². The monoisotopic (exact) mass is 301 g/mol. The molecule has 0 aliphatic heterocycles. The summed E-state index contributed by atoms with van der Waals surface area (Å²) < 4.78 is 4.67. The Bertz CT molecular complexity index is 671. The topological polar surface area (TPSA) is 68.5 Å². The number of thiocarbonyl (C=S) groups is 1. The molecule has 0 amide bonds. The van der Waals surface area contributed by atoms with Crippen LogP contribution in [0.15, 0.2) is 42.6 Å². The second kappa shape index (κ2) is 6.32. The molecule has 5 nitrogen and oxygen atoms in total. The number of methoxy groups -OCH3 is 1. The predicted octanol–water partition coefficient (Wildman–Crippen LogP) is 2.27. The van der Waals surface area contributed by atoms with E-state index in [0.29, 0.717) is 4.99 Å². The van der Waals surface area contributed by atoms with Crippen LogP contribution in [0.1, 0.15) is 16.1 Å². The zero-order valence-electron chi connectivity index (χ0n) is 11.7. The molecule has 0 aliphatic carbocycles. The van der Waals surface area contributed by atoms with Crippen molar-refractivity contribution in [2.45, 2.75) is 0 Å². The standard InChI is InChI=1S/C15H15N3O2S/c1-18(11-5-3-10(4-6-11)14(16)21)12-7-8-17-13(9-12)15(19)20-2/h3-9H,1-2H3,(H2,16,21). The molecule has 0 bridgehead atoms. The molecule has 0 saturated heterocycles. The van der Waals surface area contributed by atoms with Gasteiger partial charge in [0, 0.05) is 30.2 Å². The van der Waals surface area contributed by atoms with E-state index in [1.807, 2.05) is 42.3 Å². The number of aromatic nitrogens is 1. The Morgan fingerprint density at radius 1 is 1.24 bits per heavy atom. The molecule has 2 aromatic rings. The number of benzene rings is 1. The van der Waals surface area contributed by atoms with Gasteiger partial charge in [-0.3, -0.25) is 0 Å². The number of hydrogen-bond acceptors (Lipinski definition) is 5. The highest BCUT2D eigenvalue weighted by atomic mass is 32.1. The molecule has 0 fully saturated rings. The molecule has 0 spiro atoms. The summed E-state index contributed by atoms with van der Waals surface area (Å²) in [5.41, 5.74) is 8.42. The van der Waals surface area contributed by atoms with E-state index in [1.54, 1.807) is 12.3 Å². The fraction of sp³-hybridized carbons (Fsp3) is 0.133. The van der Waals surface area contributed by atoms with E-state index in [9.17, 15) is 4.79 Å². The van der Waals surface area contributed by atoms with Crippen LogP contribution in [0.5, 0.6) is 0 Å². The molecule has 2 N–H and O–H groups in total.